The average molecular weight is 381 g/mol. The maximum atomic E-state index is 12.6. The van der Waals surface area contributed by atoms with Crippen LogP contribution >= 0.6 is 0 Å². The molecule has 0 aliphatic rings. The Labute approximate surface area is 166 Å². The Morgan fingerprint density at radius 3 is 2.25 bits per heavy atom. The number of nitrogens with one attached hydrogen (secondary N) is 2. The van der Waals surface area contributed by atoms with E-state index >= 15 is 0 Å². The Balaban J connectivity index is 2.23. The van der Waals surface area contributed by atoms with Crippen LogP contribution < -0.4 is 15.5 Å². The summed E-state index contributed by atoms with van der Waals surface area (Å²) >= 11 is 0. The van der Waals surface area contributed by atoms with Crippen LogP contribution in [0.1, 0.15) is 21.5 Å². The average Bonchev–Trinajstić information content (AvgIpc) is 2.68. The van der Waals surface area contributed by atoms with E-state index in [-0.39, 0.29) is 17.5 Å². The smallest absolute Gasteiger partial charge is 0.267 e. The maximum absolute atomic E-state index is 12.6. The quantitative estimate of drug-likeness (QED) is 0.545. The van der Waals surface area contributed by atoms with E-state index in [2.05, 4.69) is 10.6 Å². The van der Waals surface area contributed by atoms with Crippen molar-refractivity contribution in [3.05, 3.63) is 70.9 Å². The molecule has 0 saturated heterocycles. The summed E-state index contributed by atoms with van der Waals surface area (Å²) in [5.41, 5.74) is 3.59. The first kappa shape index (κ1) is 21.2. The molecule has 0 bridgehead atoms. The fourth-order valence-corrected chi connectivity index (χ4v) is 2.46. The first-order chi connectivity index (χ1) is 13.4. The number of benzene rings is 2. The van der Waals surface area contributed by atoms with E-state index in [4.69, 9.17) is 4.74 Å². The molecule has 2 amide bonds. The first-order valence-electron chi connectivity index (χ1n) is 9.05. The van der Waals surface area contributed by atoms with Crippen molar-refractivity contribution < 1.29 is 14.3 Å². The molecule has 0 radical (unpaired) electrons. The van der Waals surface area contributed by atoms with Crippen LogP contribution in [0.3, 0.4) is 0 Å². The number of methoxy groups -OCH3 is 1. The van der Waals surface area contributed by atoms with Gasteiger partial charge >= 0.3 is 0 Å². The number of hydrogen-bond acceptors (Lipinski definition) is 4. The Hall–Kier alpha value is -3.12. The molecule has 0 aliphatic carbocycles. The summed E-state index contributed by atoms with van der Waals surface area (Å²) in [5, 5.41) is 5.47. The third-order valence-corrected chi connectivity index (χ3v) is 4.12. The summed E-state index contributed by atoms with van der Waals surface area (Å²) in [6.45, 7) is 2.70. The Morgan fingerprint density at radius 1 is 1.04 bits per heavy atom. The number of anilines is 1. The zero-order chi connectivity index (χ0) is 20.5. The normalized spacial score (nSPS) is 11.1. The van der Waals surface area contributed by atoms with Crippen molar-refractivity contribution in [2.45, 2.75) is 6.92 Å². The van der Waals surface area contributed by atoms with E-state index in [0.717, 1.165) is 16.8 Å². The number of hydrogen-bond donors (Lipinski definition) is 2. The fraction of sp³-hybridized carbons (Fsp3) is 0.273. The third-order valence-electron chi connectivity index (χ3n) is 4.12. The Kier molecular flexibility index (Phi) is 7.77. The number of ether oxygens (including phenoxy) is 1. The molecule has 0 fully saturated rings. The standard InChI is InChI=1S/C22H27N3O3/c1-16-5-9-18(10-6-16)21(26)24-20(22(27)23-13-14-28-4)15-17-7-11-19(12-8-17)25(2)3/h5-12,15H,13-14H2,1-4H3,(H,23,27)(H,24,26). The molecular weight excluding hydrogens is 354 g/mol. The molecule has 0 heterocycles. The predicted molar refractivity (Wildman–Crippen MR) is 112 cm³/mol. The van der Waals surface area contributed by atoms with Crippen LogP contribution in [-0.2, 0) is 9.53 Å². The van der Waals surface area contributed by atoms with Crippen LogP contribution in [0.15, 0.2) is 54.2 Å². The number of nitrogens with zero attached hydrogens (tertiary/aromatic N) is 1. The van der Waals surface area contributed by atoms with E-state index in [9.17, 15) is 9.59 Å². The molecule has 0 spiro atoms. The second kappa shape index (κ2) is 10.3. The van der Waals surface area contributed by atoms with Crippen LogP contribution in [0, 0.1) is 6.92 Å². The van der Waals surface area contributed by atoms with Crippen molar-refractivity contribution in [1.82, 2.24) is 10.6 Å². The van der Waals surface area contributed by atoms with Gasteiger partial charge in [0, 0.05) is 39.0 Å². The topological polar surface area (TPSA) is 70.7 Å². The highest BCUT2D eigenvalue weighted by atomic mass is 16.5. The predicted octanol–water partition coefficient (Wildman–Crippen LogP) is 2.59. The highest BCUT2D eigenvalue weighted by molar-refractivity contribution is 6.05. The van der Waals surface area contributed by atoms with Crippen LogP contribution in [0.2, 0.25) is 0 Å². The summed E-state index contributed by atoms with van der Waals surface area (Å²) in [4.78, 5) is 27.1. The minimum atomic E-state index is -0.366. The molecule has 6 nitrogen and oxygen atoms in total. The molecule has 2 aromatic rings. The van der Waals surface area contributed by atoms with Gasteiger partial charge in [-0.15, -0.1) is 0 Å². The van der Waals surface area contributed by atoms with Gasteiger partial charge in [0.05, 0.1) is 6.61 Å². The molecule has 0 unspecified atom stereocenters. The van der Waals surface area contributed by atoms with E-state index < -0.39 is 0 Å². The molecule has 28 heavy (non-hydrogen) atoms. The van der Waals surface area contributed by atoms with Crippen molar-refractivity contribution in [2.24, 2.45) is 0 Å². The maximum Gasteiger partial charge on any atom is 0.267 e. The lowest BCUT2D eigenvalue weighted by molar-refractivity contribution is -0.117. The minimum Gasteiger partial charge on any atom is -0.383 e. The highest BCUT2D eigenvalue weighted by Crippen LogP contribution is 2.14. The van der Waals surface area contributed by atoms with Crippen molar-refractivity contribution in [3.8, 4) is 0 Å². The van der Waals surface area contributed by atoms with Crippen molar-refractivity contribution >= 4 is 23.6 Å². The number of amides is 2. The Bertz CT molecular complexity index is 825. The van der Waals surface area contributed by atoms with Gasteiger partial charge in [-0.3, -0.25) is 9.59 Å². The minimum absolute atomic E-state index is 0.180. The molecule has 0 saturated carbocycles. The first-order valence-corrected chi connectivity index (χ1v) is 9.05. The second-order valence-corrected chi connectivity index (χ2v) is 6.61. The molecule has 0 aromatic heterocycles. The van der Waals surface area contributed by atoms with E-state index in [1.807, 2.05) is 62.3 Å². The van der Waals surface area contributed by atoms with Gasteiger partial charge in [-0.1, -0.05) is 29.8 Å². The van der Waals surface area contributed by atoms with E-state index in [1.54, 1.807) is 25.3 Å². The van der Waals surface area contributed by atoms with Crippen LogP contribution in [0.4, 0.5) is 5.69 Å². The molecule has 0 atom stereocenters. The van der Waals surface area contributed by atoms with Gasteiger partial charge in [0.1, 0.15) is 5.70 Å². The number of rotatable bonds is 8. The summed E-state index contributed by atoms with van der Waals surface area (Å²) < 4.78 is 4.96. The lowest BCUT2D eigenvalue weighted by Gasteiger charge is -2.13. The molecule has 6 heteroatoms. The van der Waals surface area contributed by atoms with Gasteiger partial charge in [-0.05, 0) is 42.8 Å². The monoisotopic (exact) mass is 381 g/mol. The highest BCUT2D eigenvalue weighted by Gasteiger charge is 2.14. The summed E-state index contributed by atoms with van der Waals surface area (Å²) in [7, 11) is 5.48. The van der Waals surface area contributed by atoms with Gasteiger partial charge in [0.15, 0.2) is 0 Å². The molecular formula is C22H27N3O3. The summed E-state index contributed by atoms with van der Waals surface area (Å²) in [6, 6.07) is 14.9. The van der Waals surface area contributed by atoms with Gasteiger partial charge in [0.2, 0.25) is 0 Å². The van der Waals surface area contributed by atoms with Crippen LogP contribution in [0.5, 0.6) is 0 Å². The van der Waals surface area contributed by atoms with Gasteiger partial charge in [-0.2, -0.15) is 0 Å². The van der Waals surface area contributed by atoms with Crippen LogP contribution in [0.25, 0.3) is 6.08 Å². The summed E-state index contributed by atoms with van der Waals surface area (Å²) in [5.74, 6) is -0.702. The zero-order valence-electron chi connectivity index (χ0n) is 16.8. The van der Waals surface area contributed by atoms with Gasteiger partial charge in [-0.25, -0.2) is 0 Å². The van der Waals surface area contributed by atoms with Crippen molar-refractivity contribution in [2.75, 3.05) is 39.3 Å². The molecule has 2 rings (SSSR count). The van der Waals surface area contributed by atoms with Crippen LogP contribution in [-0.4, -0.2) is 46.2 Å². The third kappa shape index (κ3) is 6.25. The molecule has 148 valence electrons. The fourth-order valence-electron chi connectivity index (χ4n) is 2.46. The summed E-state index contributed by atoms with van der Waals surface area (Å²) in [6.07, 6.45) is 1.66. The van der Waals surface area contributed by atoms with E-state index in [1.165, 1.54) is 0 Å². The number of aryl methyl sites for hydroxylation is 1. The molecule has 0 aliphatic heterocycles. The molecule has 2 aromatic carbocycles. The number of carbonyl (C=O) groups excluding carboxylic acids is 2. The SMILES string of the molecule is COCCNC(=O)C(=Cc1ccc(N(C)C)cc1)NC(=O)c1ccc(C)cc1. The zero-order valence-corrected chi connectivity index (χ0v) is 16.8. The lowest BCUT2D eigenvalue weighted by atomic mass is 10.1. The van der Waals surface area contributed by atoms with E-state index in [0.29, 0.717) is 18.7 Å². The van der Waals surface area contributed by atoms with Crippen molar-refractivity contribution in [3.63, 3.8) is 0 Å². The number of carbonyl (C=O) groups is 2. The lowest BCUT2D eigenvalue weighted by Crippen LogP contribution is -2.36. The molecule has 2 N–H and O–H groups in total. The van der Waals surface area contributed by atoms with Gasteiger partial charge < -0.3 is 20.3 Å². The Morgan fingerprint density at radius 2 is 1.68 bits per heavy atom. The largest absolute Gasteiger partial charge is 0.383 e. The second-order valence-electron chi connectivity index (χ2n) is 6.61. The van der Waals surface area contributed by atoms with Gasteiger partial charge in [0.25, 0.3) is 11.8 Å². The van der Waals surface area contributed by atoms with Crippen molar-refractivity contribution in [1.29, 1.82) is 0 Å².